The van der Waals surface area contributed by atoms with E-state index >= 15 is 0 Å². The highest BCUT2D eigenvalue weighted by Gasteiger charge is 2.31. The van der Waals surface area contributed by atoms with Gasteiger partial charge in [0.1, 0.15) is 11.8 Å². The molecule has 1 aromatic carbocycles. The highest BCUT2D eigenvalue weighted by atomic mass is 16.5. The predicted octanol–water partition coefficient (Wildman–Crippen LogP) is 1.32. The van der Waals surface area contributed by atoms with Crippen molar-refractivity contribution in [1.82, 2.24) is 0 Å². The van der Waals surface area contributed by atoms with Crippen molar-refractivity contribution >= 4 is 17.4 Å². The van der Waals surface area contributed by atoms with Gasteiger partial charge in [-0.3, -0.25) is 0 Å². The molecule has 0 N–H and O–H groups in total. The number of carbonyl (C=O) groups is 1. The third-order valence-electron chi connectivity index (χ3n) is 2.50. The molecular formula is C12H11N3O2. The standard InChI is InChI=1S/C12H11N3O2/c1-17-12(16)11-7-10(8-13)15(14-11)9-5-3-2-4-6-9/h2-6,10H,7H2,1H3. The predicted molar refractivity (Wildman–Crippen MR) is 62.4 cm³/mol. The summed E-state index contributed by atoms with van der Waals surface area (Å²) in [6, 6.07) is 10.9. The van der Waals surface area contributed by atoms with Crippen LogP contribution in [-0.2, 0) is 9.53 Å². The average molecular weight is 229 g/mol. The van der Waals surface area contributed by atoms with Gasteiger partial charge in [0.25, 0.3) is 0 Å². The minimum Gasteiger partial charge on any atom is -0.464 e. The number of rotatable bonds is 2. The van der Waals surface area contributed by atoms with E-state index in [1.165, 1.54) is 7.11 Å². The third-order valence-corrected chi connectivity index (χ3v) is 2.50. The summed E-state index contributed by atoms with van der Waals surface area (Å²) in [6.07, 6.45) is 0.290. The lowest BCUT2D eigenvalue weighted by atomic mass is 10.1. The van der Waals surface area contributed by atoms with E-state index in [9.17, 15) is 4.79 Å². The molecule has 1 atom stereocenters. The molecule has 2 rings (SSSR count). The minimum atomic E-state index is -0.483. The van der Waals surface area contributed by atoms with Crippen LogP contribution in [0.3, 0.4) is 0 Å². The van der Waals surface area contributed by atoms with Gasteiger partial charge in [-0.05, 0) is 12.1 Å². The van der Waals surface area contributed by atoms with E-state index in [0.29, 0.717) is 0 Å². The van der Waals surface area contributed by atoms with Crippen molar-refractivity contribution in [1.29, 1.82) is 5.26 Å². The van der Waals surface area contributed by atoms with Crippen molar-refractivity contribution in [2.24, 2.45) is 5.10 Å². The molecule has 0 bridgehead atoms. The molecule has 5 nitrogen and oxygen atoms in total. The van der Waals surface area contributed by atoms with E-state index < -0.39 is 12.0 Å². The van der Waals surface area contributed by atoms with Crippen LogP contribution in [0.1, 0.15) is 6.42 Å². The number of methoxy groups -OCH3 is 1. The molecule has 0 saturated heterocycles. The summed E-state index contributed by atoms with van der Waals surface area (Å²) in [7, 11) is 1.30. The van der Waals surface area contributed by atoms with Gasteiger partial charge in [-0.25, -0.2) is 9.80 Å². The highest BCUT2D eigenvalue weighted by Crippen LogP contribution is 2.24. The van der Waals surface area contributed by atoms with E-state index in [0.717, 1.165) is 5.69 Å². The van der Waals surface area contributed by atoms with Gasteiger partial charge in [-0.2, -0.15) is 10.4 Å². The topological polar surface area (TPSA) is 65.7 Å². The first-order valence-corrected chi connectivity index (χ1v) is 5.16. The quantitative estimate of drug-likeness (QED) is 0.717. The molecule has 86 valence electrons. The Bertz CT molecular complexity index is 490. The Morgan fingerprint density at radius 3 is 2.82 bits per heavy atom. The molecule has 1 aliphatic heterocycles. The Morgan fingerprint density at radius 2 is 2.24 bits per heavy atom. The lowest BCUT2D eigenvalue weighted by Gasteiger charge is -2.17. The summed E-state index contributed by atoms with van der Waals surface area (Å²) in [4.78, 5) is 11.4. The van der Waals surface area contributed by atoms with Crippen molar-refractivity contribution < 1.29 is 9.53 Å². The van der Waals surface area contributed by atoms with Gasteiger partial charge in [-0.15, -0.1) is 0 Å². The fraction of sp³-hybridized carbons (Fsp3) is 0.250. The molecular weight excluding hydrogens is 218 g/mol. The number of carbonyl (C=O) groups excluding carboxylic acids is 1. The monoisotopic (exact) mass is 229 g/mol. The number of hydrazone groups is 1. The van der Waals surface area contributed by atoms with E-state index in [-0.39, 0.29) is 12.1 Å². The van der Waals surface area contributed by atoms with Crippen LogP contribution in [-0.4, -0.2) is 24.8 Å². The molecule has 0 amide bonds. The van der Waals surface area contributed by atoms with Gasteiger partial charge in [-0.1, -0.05) is 18.2 Å². The Balaban J connectivity index is 2.30. The number of hydrogen-bond acceptors (Lipinski definition) is 5. The molecule has 1 unspecified atom stereocenters. The average Bonchev–Trinajstić information content (AvgIpc) is 2.83. The maximum Gasteiger partial charge on any atom is 0.354 e. The lowest BCUT2D eigenvalue weighted by Crippen LogP contribution is -2.24. The highest BCUT2D eigenvalue weighted by molar-refractivity contribution is 6.37. The van der Waals surface area contributed by atoms with Gasteiger partial charge in [0.05, 0.1) is 18.9 Å². The first-order valence-electron chi connectivity index (χ1n) is 5.16. The van der Waals surface area contributed by atoms with Gasteiger partial charge in [0.2, 0.25) is 0 Å². The van der Waals surface area contributed by atoms with Crippen LogP contribution in [0.5, 0.6) is 0 Å². The molecule has 1 aliphatic rings. The SMILES string of the molecule is COC(=O)C1=NN(c2ccccc2)C(C#N)C1. The number of nitrogens with zero attached hydrogens (tertiary/aromatic N) is 3. The first kappa shape index (κ1) is 11.1. The molecule has 0 aromatic heterocycles. The van der Waals surface area contributed by atoms with Crippen LogP contribution in [0.25, 0.3) is 0 Å². The molecule has 0 saturated carbocycles. The third kappa shape index (κ3) is 2.11. The maximum atomic E-state index is 11.4. The van der Waals surface area contributed by atoms with Crippen LogP contribution >= 0.6 is 0 Å². The largest absolute Gasteiger partial charge is 0.464 e. The van der Waals surface area contributed by atoms with E-state index in [1.807, 2.05) is 30.3 Å². The normalized spacial score (nSPS) is 18.5. The Kier molecular flexibility index (Phi) is 3.06. The van der Waals surface area contributed by atoms with Gasteiger partial charge in [0.15, 0.2) is 0 Å². The number of nitriles is 1. The smallest absolute Gasteiger partial charge is 0.354 e. The zero-order chi connectivity index (χ0) is 12.3. The second-order valence-corrected chi connectivity index (χ2v) is 3.57. The van der Waals surface area contributed by atoms with E-state index in [2.05, 4.69) is 15.9 Å². The van der Waals surface area contributed by atoms with Crippen LogP contribution in [0.2, 0.25) is 0 Å². The summed E-state index contributed by atoms with van der Waals surface area (Å²) in [5.41, 5.74) is 1.07. The van der Waals surface area contributed by atoms with Crippen LogP contribution < -0.4 is 5.01 Å². The zero-order valence-corrected chi connectivity index (χ0v) is 9.33. The number of benzene rings is 1. The van der Waals surface area contributed by atoms with Crippen molar-refractivity contribution in [3.05, 3.63) is 30.3 Å². The molecule has 0 spiro atoms. The maximum absolute atomic E-state index is 11.4. The number of esters is 1. The van der Waals surface area contributed by atoms with E-state index in [4.69, 9.17) is 5.26 Å². The molecule has 0 fully saturated rings. The summed E-state index contributed by atoms with van der Waals surface area (Å²) in [6.45, 7) is 0. The zero-order valence-electron chi connectivity index (χ0n) is 9.33. The fourth-order valence-corrected chi connectivity index (χ4v) is 1.67. The van der Waals surface area contributed by atoms with Gasteiger partial charge < -0.3 is 4.74 Å². The number of para-hydroxylation sites is 1. The summed E-state index contributed by atoms with van der Waals surface area (Å²) in [5.74, 6) is -0.483. The number of hydrogen-bond donors (Lipinski definition) is 0. The second kappa shape index (κ2) is 4.66. The molecule has 0 aliphatic carbocycles. The summed E-state index contributed by atoms with van der Waals surface area (Å²) >= 11 is 0. The van der Waals surface area contributed by atoms with Crippen LogP contribution in [0, 0.1) is 11.3 Å². The number of anilines is 1. The first-order chi connectivity index (χ1) is 8.26. The van der Waals surface area contributed by atoms with Gasteiger partial charge >= 0.3 is 5.97 Å². The molecule has 1 aromatic rings. The lowest BCUT2D eigenvalue weighted by molar-refractivity contribution is -0.132. The Labute approximate surface area is 98.9 Å². The minimum absolute atomic E-state index is 0.280. The van der Waals surface area contributed by atoms with Gasteiger partial charge in [0, 0.05) is 6.42 Å². The molecule has 0 radical (unpaired) electrons. The van der Waals surface area contributed by atoms with Crippen molar-refractivity contribution in [3.63, 3.8) is 0 Å². The molecule has 17 heavy (non-hydrogen) atoms. The summed E-state index contributed by atoms with van der Waals surface area (Å²) < 4.78 is 4.61. The van der Waals surface area contributed by atoms with Crippen molar-refractivity contribution in [2.45, 2.75) is 12.5 Å². The molecule has 1 heterocycles. The number of ether oxygens (including phenoxy) is 1. The van der Waals surface area contributed by atoms with Crippen molar-refractivity contribution in [3.8, 4) is 6.07 Å². The van der Waals surface area contributed by atoms with E-state index in [1.54, 1.807) is 5.01 Å². The second-order valence-electron chi connectivity index (χ2n) is 3.57. The summed E-state index contributed by atoms with van der Waals surface area (Å²) in [5, 5.41) is 14.7. The Hall–Kier alpha value is -2.35. The fourth-order valence-electron chi connectivity index (χ4n) is 1.67. The Morgan fingerprint density at radius 1 is 1.53 bits per heavy atom. The van der Waals surface area contributed by atoms with Crippen molar-refractivity contribution in [2.75, 3.05) is 12.1 Å². The van der Waals surface area contributed by atoms with Crippen LogP contribution in [0.4, 0.5) is 5.69 Å². The molecule has 5 heteroatoms. The van der Waals surface area contributed by atoms with Crippen LogP contribution in [0.15, 0.2) is 35.4 Å².